The van der Waals surface area contributed by atoms with Crippen LogP contribution < -0.4 is 5.32 Å². The Kier molecular flexibility index (Phi) is 4.35. The first-order chi connectivity index (χ1) is 11.4. The van der Waals surface area contributed by atoms with E-state index in [-0.39, 0.29) is 17.7 Å². The number of aliphatic carboxylic acids is 1. The predicted octanol–water partition coefficient (Wildman–Crippen LogP) is 3.21. The van der Waals surface area contributed by atoms with E-state index in [9.17, 15) is 9.59 Å². The highest BCUT2D eigenvalue weighted by Gasteiger charge is 2.33. The normalized spacial score (nSPS) is 20.5. The molecule has 1 aromatic heterocycles. The van der Waals surface area contributed by atoms with Crippen LogP contribution in [0.3, 0.4) is 0 Å². The molecule has 1 saturated carbocycles. The third kappa shape index (κ3) is 3.03. The standard InChI is InChI=1S/C19H24N2O3/c1-10-6-15(17-16(7-10)11(2)12(3)21-17)9-20-18(22)13-4-5-14(8-13)19(23)24/h6-7,13-14,21H,4-5,8-9H2,1-3H3,(H,20,22)(H,23,24)/t13-,14+/m1/s1. The highest BCUT2D eigenvalue weighted by atomic mass is 16.4. The molecule has 5 heteroatoms. The lowest BCUT2D eigenvalue weighted by Crippen LogP contribution is -2.29. The summed E-state index contributed by atoms with van der Waals surface area (Å²) >= 11 is 0. The molecule has 2 atom stereocenters. The Morgan fingerprint density at radius 3 is 2.58 bits per heavy atom. The van der Waals surface area contributed by atoms with Crippen molar-refractivity contribution in [3.8, 4) is 0 Å². The highest BCUT2D eigenvalue weighted by Crippen LogP contribution is 2.31. The Hall–Kier alpha value is -2.30. The van der Waals surface area contributed by atoms with Crippen molar-refractivity contribution < 1.29 is 14.7 Å². The molecule has 2 aromatic rings. The van der Waals surface area contributed by atoms with E-state index < -0.39 is 5.97 Å². The highest BCUT2D eigenvalue weighted by molar-refractivity contribution is 5.88. The summed E-state index contributed by atoms with van der Waals surface area (Å²) in [5.74, 6) is -1.38. The van der Waals surface area contributed by atoms with Gasteiger partial charge in [-0.15, -0.1) is 0 Å². The van der Waals surface area contributed by atoms with Gasteiger partial charge in [0.25, 0.3) is 0 Å². The number of carbonyl (C=O) groups excluding carboxylic acids is 1. The van der Waals surface area contributed by atoms with Crippen LogP contribution in [0.4, 0.5) is 0 Å². The molecule has 1 fully saturated rings. The fraction of sp³-hybridized carbons (Fsp3) is 0.474. The summed E-state index contributed by atoms with van der Waals surface area (Å²) in [6.45, 7) is 6.67. The van der Waals surface area contributed by atoms with Gasteiger partial charge in [0.1, 0.15) is 0 Å². The predicted molar refractivity (Wildman–Crippen MR) is 92.8 cm³/mol. The van der Waals surface area contributed by atoms with Crippen LogP contribution >= 0.6 is 0 Å². The number of aromatic nitrogens is 1. The van der Waals surface area contributed by atoms with Crippen molar-refractivity contribution in [2.45, 2.75) is 46.6 Å². The van der Waals surface area contributed by atoms with Gasteiger partial charge in [-0.05, 0) is 57.2 Å². The molecule has 0 saturated heterocycles. The van der Waals surface area contributed by atoms with Crippen molar-refractivity contribution >= 4 is 22.8 Å². The van der Waals surface area contributed by atoms with Crippen molar-refractivity contribution in [3.05, 3.63) is 34.5 Å². The molecule has 5 nitrogen and oxygen atoms in total. The molecule has 0 unspecified atom stereocenters. The van der Waals surface area contributed by atoms with E-state index in [1.165, 1.54) is 16.5 Å². The zero-order valence-electron chi connectivity index (χ0n) is 14.4. The van der Waals surface area contributed by atoms with Crippen molar-refractivity contribution in [2.75, 3.05) is 0 Å². The van der Waals surface area contributed by atoms with Crippen molar-refractivity contribution in [1.29, 1.82) is 0 Å². The quantitative estimate of drug-likeness (QED) is 0.806. The smallest absolute Gasteiger partial charge is 0.306 e. The minimum absolute atomic E-state index is 0.0339. The SMILES string of the molecule is Cc1cc(CNC(=O)[C@@H]2CC[C@H](C(=O)O)C2)c2[nH]c(C)c(C)c2c1. The van der Waals surface area contributed by atoms with Gasteiger partial charge in [0.15, 0.2) is 0 Å². The largest absolute Gasteiger partial charge is 0.481 e. The van der Waals surface area contributed by atoms with Gasteiger partial charge in [-0.25, -0.2) is 0 Å². The number of hydrogen-bond donors (Lipinski definition) is 3. The zero-order chi connectivity index (χ0) is 17.4. The molecule has 3 rings (SSSR count). The number of carboxylic acids is 1. The van der Waals surface area contributed by atoms with Gasteiger partial charge in [0, 0.05) is 23.5 Å². The maximum absolute atomic E-state index is 12.4. The number of fused-ring (bicyclic) bond motifs is 1. The molecular weight excluding hydrogens is 304 g/mol. The van der Waals surface area contributed by atoms with Crippen LogP contribution in [0.1, 0.15) is 41.6 Å². The van der Waals surface area contributed by atoms with Gasteiger partial charge in [-0.3, -0.25) is 9.59 Å². The van der Waals surface area contributed by atoms with Crippen LogP contribution in [-0.4, -0.2) is 22.0 Å². The average molecular weight is 328 g/mol. The molecular formula is C19H24N2O3. The second-order valence-electron chi connectivity index (χ2n) is 6.98. The number of nitrogens with one attached hydrogen (secondary N) is 2. The van der Waals surface area contributed by atoms with Gasteiger partial charge < -0.3 is 15.4 Å². The average Bonchev–Trinajstić information content (AvgIpc) is 3.12. The molecule has 24 heavy (non-hydrogen) atoms. The first-order valence-electron chi connectivity index (χ1n) is 8.45. The van der Waals surface area contributed by atoms with Crippen molar-refractivity contribution in [2.24, 2.45) is 11.8 Å². The molecule has 1 amide bonds. The molecule has 1 aliphatic rings. The van der Waals surface area contributed by atoms with Gasteiger partial charge in [0.05, 0.1) is 11.4 Å². The number of amides is 1. The van der Waals surface area contributed by atoms with Gasteiger partial charge >= 0.3 is 5.97 Å². The number of benzene rings is 1. The number of carbonyl (C=O) groups is 2. The molecule has 1 aromatic carbocycles. The van der Waals surface area contributed by atoms with Crippen molar-refractivity contribution in [1.82, 2.24) is 10.3 Å². The summed E-state index contributed by atoms with van der Waals surface area (Å²) in [5, 5.41) is 13.3. The van der Waals surface area contributed by atoms with Crippen LogP contribution in [0.5, 0.6) is 0 Å². The summed E-state index contributed by atoms with van der Waals surface area (Å²) in [7, 11) is 0. The lowest BCUT2D eigenvalue weighted by atomic mass is 10.0. The third-order valence-corrected chi connectivity index (χ3v) is 5.25. The van der Waals surface area contributed by atoms with E-state index in [0.717, 1.165) is 16.8 Å². The number of rotatable bonds is 4. The Balaban J connectivity index is 1.73. The summed E-state index contributed by atoms with van der Waals surface area (Å²) in [5.41, 5.74) is 5.69. The summed E-state index contributed by atoms with van der Waals surface area (Å²) < 4.78 is 0. The number of aryl methyl sites for hydroxylation is 3. The topological polar surface area (TPSA) is 82.2 Å². The van der Waals surface area contributed by atoms with E-state index in [1.54, 1.807) is 0 Å². The van der Waals surface area contributed by atoms with E-state index >= 15 is 0 Å². The molecule has 128 valence electrons. The second kappa shape index (κ2) is 6.30. The maximum Gasteiger partial charge on any atom is 0.306 e. The van der Waals surface area contributed by atoms with Crippen molar-refractivity contribution in [3.63, 3.8) is 0 Å². The Morgan fingerprint density at radius 2 is 1.92 bits per heavy atom. The van der Waals surface area contributed by atoms with E-state index in [0.29, 0.717) is 25.8 Å². The first kappa shape index (κ1) is 16.6. The van der Waals surface area contributed by atoms with Crippen LogP contribution in [-0.2, 0) is 16.1 Å². The minimum atomic E-state index is -0.789. The fourth-order valence-corrected chi connectivity index (χ4v) is 3.70. The monoisotopic (exact) mass is 328 g/mol. The number of aromatic amines is 1. The van der Waals surface area contributed by atoms with Crippen LogP contribution in [0.25, 0.3) is 10.9 Å². The molecule has 0 aliphatic heterocycles. The Morgan fingerprint density at radius 1 is 1.21 bits per heavy atom. The van der Waals surface area contributed by atoms with Gasteiger partial charge in [-0.1, -0.05) is 11.6 Å². The molecule has 1 heterocycles. The molecule has 1 aliphatic carbocycles. The summed E-state index contributed by atoms with van der Waals surface area (Å²) in [6, 6.07) is 4.25. The third-order valence-electron chi connectivity index (χ3n) is 5.25. The second-order valence-corrected chi connectivity index (χ2v) is 6.98. The van der Waals surface area contributed by atoms with Gasteiger partial charge in [0.2, 0.25) is 5.91 Å². The molecule has 3 N–H and O–H groups in total. The lowest BCUT2D eigenvalue weighted by Gasteiger charge is -2.12. The minimum Gasteiger partial charge on any atom is -0.481 e. The summed E-state index contributed by atoms with van der Waals surface area (Å²) in [4.78, 5) is 26.8. The Bertz CT molecular complexity index is 807. The number of hydrogen-bond acceptors (Lipinski definition) is 2. The van der Waals surface area contributed by atoms with Gasteiger partial charge in [-0.2, -0.15) is 0 Å². The zero-order valence-corrected chi connectivity index (χ0v) is 14.4. The fourth-order valence-electron chi connectivity index (χ4n) is 3.70. The Labute approximate surface area is 141 Å². The van der Waals surface area contributed by atoms with Crippen LogP contribution in [0.15, 0.2) is 12.1 Å². The summed E-state index contributed by atoms with van der Waals surface area (Å²) in [6.07, 6.45) is 1.70. The van der Waals surface area contributed by atoms with E-state index in [1.807, 2.05) is 0 Å². The van der Waals surface area contributed by atoms with E-state index in [4.69, 9.17) is 5.11 Å². The van der Waals surface area contributed by atoms with Crippen LogP contribution in [0.2, 0.25) is 0 Å². The maximum atomic E-state index is 12.4. The molecule has 0 bridgehead atoms. The molecule has 0 radical (unpaired) electrons. The number of H-pyrrole nitrogens is 1. The number of carboxylic acid groups (broad SMARTS) is 1. The van der Waals surface area contributed by atoms with E-state index in [2.05, 4.69) is 43.2 Å². The molecule has 0 spiro atoms. The first-order valence-corrected chi connectivity index (χ1v) is 8.45. The lowest BCUT2D eigenvalue weighted by molar-refractivity contribution is -0.141. The van der Waals surface area contributed by atoms with Crippen LogP contribution in [0, 0.1) is 32.6 Å².